The van der Waals surface area contributed by atoms with Crippen LogP contribution in [0.25, 0.3) is 0 Å². The number of unbranched alkanes of at least 4 members (excludes halogenated alkanes) is 3. The van der Waals surface area contributed by atoms with Gasteiger partial charge in [0.05, 0.1) is 0 Å². The first kappa shape index (κ1) is 34.9. The quantitative estimate of drug-likeness (QED) is 0.0840. The summed E-state index contributed by atoms with van der Waals surface area (Å²) < 4.78 is 88.0. The second-order valence-electron chi connectivity index (χ2n) is 9.91. The van der Waals surface area contributed by atoms with E-state index in [9.17, 15) is 46.6 Å². The number of hydrogen-bond donors (Lipinski definition) is 0. The zero-order chi connectivity index (χ0) is 31.2. The molecule has 0 saturated heterocycles. The normalized spacial score (nSPS) is 12.4. The Morgan fingerprint density at radius 2 is 1.32 bits per heavy atom. The van der Waals surface area contributed by atoms with E-state index in [1.807, 2.05) is 20.8 Å². The Balaban J connectivity index is 3.27. The molecule has 0 saturated carbocycles. The minimum atomic E-state index is -5.31. The van der Waals surface area contributed by atoms with E-state index in [1.165, 1.54) is 0 Å². The molecule has 7 nitrogen and oxygen atoms in total. The predicted octanol–water partition coefficient (Wildman–Crippen LogP) is 10.7. The molecular weight excluding hydrogens is 686 g/mol. The fourth-order valence-electron chi connectivity index (χ4n) is 5.00. The van der Waals surface area contributed by atoms with Gasteiger partial charge in [-0.1, -0.05) is 0 Å². The molecule has 0 aromatic heterocycles. The van der Waals surface area contributed by atoms with Gasteiger partial charge in [0.15, 0.2) is 0 Å². The van der Waals surface area contributed by atoms with Crippen molar-refractivity contribution in [2.75, 3.05) is 3.12 Å². The zero-order valence-corrected chi connectivity index (χ0v) is 26.5. The molecule has 0 amide bonds. The van der Waals surface area contributed by atoms with E-state index in [0.29, 0.717) is 70.0 Å². The van der Waals surface area contributed by atoms with E-state index in [4.69, 9.17) is 11.6 Å². The van der Waals surface area contributed by atoms with Crippen molar-refractivity contribution in [1.29, 1.82) is 0 Å². The Bertz CT molecular complexity index is 1220. The molecule has 2 rings (SSSR count). The molecule has 0 atom stereocenters. The maximum atomic E-state index is 14.7. The van der Waals surface area contributed by atoms with Gasteiger partial charge in [-0.05, 0) is 0 Å². The monoisotopic (exact) mass is 719 g/mol. The summed E-state index contributed by atoms with van der Waals surface area (Å²) in [6.07, 6.45) is -6.67. The fourth-order valence-corrected chi connectivity index (χ4v) is 22.1. The SMILES string of the molecule is CCC[CH2][Sn]([CH2]CCC)([CH2]CCC)[N](c1cc(C(F)(F)F)ccc1Cl)c1c([N+](=O)[O-])cc([N+](=O)[O-])cc1C(F)(F)F. The Labute approximate surface area is 243 Å². The molecule has 0 aliphatic heterocycles. The van der Waals surface area contributed by atoms with E-state index >= 15 is 0 Å². The number of hydrogen-bond acceptors (Lipinski definition) is 5. The Hall–Kier alpha value is -2.29. The van der Waals surface area contributed by atoms with Crippen LogP contribution in [-0.4, -0.2) is 28.5 Å². The first-order valence-electron chi connectivity index (χ1n) is 13.2. The summed E-state index contributed by atoms with van der Waals surface area (Å²) in [6.45, 7) is 5.61. The third-order valence-corrected chi connectivity index (χ3v) is 22.3. The van der Waals surface area contributed by atoms with Crippen molar-refractivity contribution in [3.63, 3.8) is 0 Å². The molecule has 0 N–H and O–H groups in total. The molecule has 0 aliphatic carbocycles. The Morgan fingerprint density at radius 1 is 0.805 bits per heavy atom. The predicted molar refractivity (Wildman–Crippen MR) is 148 cm³/mol. The molecule has 228 valence electrons. The van der Waals surface area contributed by atoms with Crippen molar-refractivity contribution in [2.24, 2.45) is 0 Å². The molecule has 0 spiro atoms. The number of nitro benzene ring substituents is 2. The van der Waals surface area contributed by atoms with E-state index in [2.05, 4.69) is 0 Å². The summed E-state index contributed by atoms with van der Waals surface area (Å²) in [5.74, 6) is 0. The first-order valence-corrected chi connectivity index (χ1v) is 21.0. The summed E-state index contributed by atoms with van der Waals surface area (Å²) in [7, 11) is 0. The van der Waals surface area contributed by atoms with Crippen LogP contribution in [0.5, 0.6) is 0 Å². The van der Waals surface area contributed by atoms with E-state index in [0.717, 1.165) is 9.19 Å². The van der Waals surface area contributed by atoms with Gasteiger partial charge in [0.2, 0.25) is 0 Å². The summed E-state index contributed by atoms with van der Waals surface area (Å²) in [5.41, 5.74) is -6.57. The van der Waals surface area contributed by atoms with Gasteiger partial charge < -0.3 is 0 Å². The van der Waals surface area contributed by atoms with Crippen LogP contribution in [0.1, 0.15) is 70.4 Å². The number of alkyl halides is 6. The molecule has 15 heteroatoms. The van der Waals surface area contributed by atoms with Crippen LogP contribution in [0.15, 0.2) is 30.3 Å². The molecule has 2 aromatic carbocycles. The molecule has 0 bridgehead atoms. The van der Waals surface area contributed by atoms with Gasteiger partial charge in [0.25, 0.3) is 0 Å². The van der Waals surface area contributed by atoms with Crippen LogP contribution in [0.4, 0.5) is 49.1 Å². The molecule has 0 unspecified atom stereocenters. The molecule has 0 radical (unpaired) electrons. The average Bonchev–Trinajstić information content (AvgIpc) is 2.88. The molecule has 0 aliphatic rings. The van der Waals surface area contributed by atoms with Gasteiger partial charge >= 0.3 is 244 Å². The summed E-state index contributed by atoms with van der Waals surface area (Å²) >= 11 is 1.98. The minimum absolute atomic E-state index is 0.215. The van der Waals surface area contributed by atoms with Crippen molar-refractivity contribution in [3.05, 3.63) is 66.7 Å². The number of non-ortho nitro benzene ring substituents is 1. The Kier molecular flexibility index (Phi) is 12.1. The van der Waals surface area contributed by atoms with Gasteiger partial charge in [-0.15, -0.1) is 0 Å². The Morgan fingerprint density at radius 3 is 1.71 bits per heavy atom. The van der Waals surface area contributed by atoms with E-state index in [1.54, 1.807) is 0 Å². The molecule has 0 fully saturated rings. The van der Waals surface area contributed by atoms with Gasteiger partial charge in [-0.25, -0.2) is 0 Å². The summed E-state index contributed by atoms with van der Waals surface area (Å²) in [4.78, 5) is 21.5. The van der Waals surface area contributed by atoms with Crippen LogP contribution >= 0.6 is 11.6 Å². The van der Waals surface area contributed by atoms with E-state index in [-0.39, 0.29) is 11.1 Å². The van der Waals surface area contributed by atoms with Crippen LogP contribution in [0.2, 0.25) is 18.3 Å². The number of nitrogens with zero attached hydrogens (tertiary/aromatic N) is 3. The second-order valence-corrected chi connectivity index (χ2v) is 22.9. The average molecular weight is 719 g/mol. The number of halogens is 7. The van der Waals surface area contributed by atoms with Gasteiger partial charge in [0, 0.05) is 0 Å². The summed E-state index contributed by atoms with van der Waals surface area (Å²) in [5, 5.41) is 23.5. The molecular formula is C26H32ClF6N3O4Sn. The molecule has 41 heavy (non-hydrogen) atoms. The standard InChI is InChI=1S/C14H5ClF6N3O4.3C4H9.Sn/c15-9-2-1-6(13(16,17)18)3-10(9)22-12-8(14(19,20)21)4-7(23(25)26)5-11(12)24(27)28;3*1-3-4-2;/h1-5H;3*1,3-4H2,2H3;/q-1;;;;+1. The fraction of sp³-hybridized carbons (Fsp3) is 0.538. The van der Waals surface area contributed by atoms with Crippen LogP contribution in [-0.2, 0) is 12.4 Å². The van der Waals surface area contributed by atoms with Crippen molar-refractivity contribution in [1.82, 2.24) is 0 Å². The van der Waals surface area contributed by atoms with Crippen molar-refractivity contribution < 1.29 is 36.2 Å². The second kappa shape index (κ2) is 14.3. The molecule has 0 heterocycles. The van der Waals surface area contributed by atoms with E-state index < -0.39 is 74.7 Å². The number of rotatable bonds is 14. The topological polar surface area (TPSA) is 89.5 Å². The zero-order valence-electron chi connectivity index (χ0n) is 22.9. The maximum absolute atomic E-state index is 14.7. The van der Waals surface area contributed by atoms with Gasteiger partial charge in [-0.3, -0.25) is 0 Å². The van der Waals surface area contributed by atoms with Crippen LogP contribution in [0, 0.1) is 20.2 Å². The molecule has 2 aromatic rings. The third kappa shape index (κ3) is 8.39. The van der Waals surface area contributed by atoms with Crippen LogP contribution < -0.4 is 3.12 Å². The van der Waals surface area contributed by atoms with Gasteiger partial charge in [-0.2, -0.15) is 0 Å². The number of nitro groups is 2. The number of anilines is 2. The number of benzene rings is 2. The van der Waals surface area contributed by atoms with Crippen molar-refractivity contribution in [2.45, 2.75) is 85.0 Å². The van der Waals surface area contributed by atoms with Crippen molar-refractivity contribution >= 4 is 53.0 Å². The van der Waals surface area contributed by atoms with Crippen molar-refractivity contribution in [3.8, 4) is 0 Å². The van der Waals surface area contributed by atoms with Gasteiger partial charge in [0.1, 0.15) is 0 Å². The first-order chi connectivity index (χ1) is 19.0. The third-order valence-electron chi connectivity index (χ3n) is 6.99. The summed E-state index contributed by atoms with van der Waals surface area (Å²) in [6, 6.07) is 2.92. The van der Waals surface area contributed by atoms with Crippen LogP contribution in [0.3, 0.4) is 0 Å².